The summed E-state index contributed by atoms with van der Waals surface area (Å²) in [5.41, 5.74) is 6.63. The summed E-state index contributed by atoms with van der Waals surface area (Å²) >= 11 is -2.56. The average Bonchev–Trinajstić information content (AvgIpc) is 2.94. The lowest BCUT2D eigenvalue weighted by Crippen LogP contribution is -2.40. The minimum absolute atomic E-state index is 0.145. The number of aryl methyl sites for hydroxylation is 2. The molecule has 0 aromatic heterocycles. The van der Waals surface area contributed by atoms with Gasteiger partial charge in [0.2, 0.25) is 11.3 Å². The molecule has 1 aliphatic heterocycles. The first-order chi connectivity index (χ1) is 15.9. The molecule has 2 unspecified atom stereocenters. The standard InChI is InChI=1S/C25H29F3N2O2S/c26-25(27,28)32-33(31)29-17-19-7-5-15-30(18-19)16-6-12-24-22-10-3-1-8-20(22)13-14-21-9-2-4-11-23(21)24/h1-4,8-12,19,29H,5-7,13-18H2. The van der Waals surface area contributed by atoms with Gasteiger partial charge in [0.15, 0.2) is 0 Å². The number of fused-ring (bicyclic) bond motifs is 2. The Morgan fingerprint density at radius 2 is 1.70 bits per heavy atom. The second-order valence-electron chi connectivity index (χ2n) is 8.64. The lowest BCUT2D eigenvalue weighted by molar-refractivity contribution is -0.270. The van der Waals surface area contributed by atoms with Crippen LogP contribution >= 0.6 is 0 Å². The molecule has 8 heteroatoms. The topological polar surface area (TPSA) is 41.6 Å². The van der Waals surface area contributed by atoms with Gasteiger partial charge in [0.05, 0.1) is 0 Å². The summed E-state index contributed by atoms with van der Waals surface area (Å²) in [5.74, 6) is 0.145. The minimum atomic E-state index is -4.90. The fourth-order valence-corrected chi connectivity index (χ4v) is 5.45. The predicted octanol–water partition coefficient (Wildman–Crippen LogP) is 5.02. The SMILES string of the molecule is O=S(NCC1CCCN(CCC=C2c3ccccc3CCc3ccccc32)C1)OC(F)(F)F. The number of alkyl halides is 3. The molecule has 1 N–H and O–H groups in total. The largest absolute Gasteiger partial charge is 0.536 e. The second-order valence-corrected chi connectivity index (χ2v) is 9.57. The molecule has 2 atom stereocenters. The molecule has 0 saturated carbocycles. The Labute approximate surface area is 195 Å². The van der Waals surface area contributed by atoms with Crippen LogP contribution in [0.2, 0.25) is 0 Å². The van der Waals surface area contributed by atoms with Crippen LogP contribution in [0, 0.1) is 5.92 Å². The maximum absolute atomic E-state index is 12.2. The van der Waals surface area contributed by atoms with E-state index < -0.39 is 17.6 Å². The summed E-state index contributed by atoms with van der Waals surface area (Å²) < 4.78 is 53.8. The number of hydrogen-bond donors (Lipinski definition) is 1. The quantitative estimate of drug-likeness (QED) is 0.607. The van der Waals surface area contributed by atoms with Crippen molar-refractivity contribution in [1.29, 1.82) is 0 Å². The number of piperidine rings is 1. The van der Waals surface area contributed by atoms with Crippen molar-refractivity contribution in [3.8, 4) is 0 Å². The maximum Gasteiger partial charge on any atom is 0.536 e. The van der Waals surface area contributed by atoms with Crippen molar-refractivity contribution in [3.05, 3.63) is 76.9 Å². The van der Waals surface area contributed by atoms with Gasteiger partial charge >= 0.3 is 6.36 Å². The van der Waals surface area contributed by atoms with E-state index in [4.69, 9.17) is 0 Å². The van der Waals surface area contributed by atoms with Gasteiger partial charge in [-0.2, -0.15) is 4.18 Å². The Hall–Kier alpha value is -2.00. The van der Waals surface area contributed by atoms with Crippen molar-refractivity contribution in [2.45, 2.75) is 38.5 Å². The van der Waals surface area contributed by atoms with Crippen molar-refractivity contribution in [2.24, 2.45) is 5.92 Å². The fourth-order valence-electron chi connectivity index (χ4n) is 4.85. The molecule has 178 valence electrons. The molecule has 2 aromatic rings. The van der Waals surface area contributed by atoms with Crippen LogP contribution in [0.4, 0.5) is 13.2 Å². The molecule has 4 rings (SSSR count). The molecule has 1 aliphatic carbocycles. The number of halogens is 3. The molecule has 1 heterocycles. The molecule has 0 spiro atoms. The second kappa shape index (κ2) is 11.0. The first kappa shape index (κ1) is 24.1. The molecule has 0 bridgehead atoms. The first-order valence-corrected chi connectivity index (χ1v) is 12.5. The Bertz CT molecular complexity index is 960. The third-order valence-electron chi connectivity index (χ3n) is 6.34. The molecule has 33 heavy (non-hydrogen) atoms. The zero-order chi connectivity index (χ0) is 23.3. The highest BCUT2D eigenvalue weighted by atomic mass is 32.2. The Morgan fingerprint density at radius 3 is 2.33 bits per heavy atom. The van der Waals surface area contributed by atoms with Crippen molar-refractivity contribution in [1.82, 2.24) is 9.62 Å². The van der Waals surface area contributed by atoms with Gasteiger partial charge in [0.1, 0.15) is 0 Å². The number of nitrogens with one attached hydrogen (secondary N) is 1. The van der Waals surface area contributed by atoms with Gasteiger partial charge in [-0.25, -0.2) is 8.93 Å². The van der Waals surface area contributed by atoms with Crippen LogP contribution < -0.4 is 4.72 Å². The molecule has 1 saturated heterocycles. The van der Waals surface area contributed by atoms with E-state index in [2.05, 4.69) is 68.4 Å². The highest BCUT2D eigenvalue weighted by molar-refractivity contribution is 7.78. The van der Waals surface area contributed by atoms with Crippen molar-refractivity contribution < 1.29 is 21.6 Å². The van der Waals surface area contributed by atoms with Crippen LogP contribution in [-0.2, 0) is 28.3 Å². The van der Waals surface area contributed by atoms with Crippen LogP contribution in [0.25, 0.3) is 5.57 Å². The summed E-state index contributed by atoms with van der Waals surface area (Å²) in [6.07, 6.45) is 2.25. The summed E-state index contributed by atoms with van der Waals surface area (Å²) in [6, 6.07) is 17.2. The monoisotopic (exact) mass is 478 g/mol. The van der Waals surface area contributed by atoms with E-state index in [1.807, 2.05) is 0 Å². The van der Waals surface area contributed by atoms with Gasteiger partial charge in [-0.3, -0.25) is 0 Å². The fraction of sp³-hybridized carbons (Fsp3) is 0.440. The summed E-state index contributed by atoms with van der Waals surface area (Å²) in [5, 5.41) is 0. The van der Waals surface area contributed by atoms with Gasteiger partial charge < -0.3 is 4.90 Å². The van der Waals surface area contributed by atoms with Gasteiger partial charge in [-0.1, -0.05) is 54.6 Å². The molecular weight excluding hydrogens is 449 g/mol. The van der Waals surface area contributed by atoms with Crippen molar-refractivity contribution in [3.63, 3.8) is 0 Å². The van der Waals surface area contributed by atoms with Gasteiger partial charge in [0.25, 0.3) is 0 Å². The number of likely N-dealkylation sites (tertiary alicyclic amines) is 1. The molecule has 0 amide bonds. The van der Waals surface area contributed by atoms with E-state index in [-0.39, 0.29) is 12.5 Å². The van der Waals surface area contributed by atoms with Crippen LogP contribution in [0.3, 0.4) is 0 Å². The van der Waals surface area contributed by atoms with Crippen molar-refractivity contribution >= 4 is 16.8 Å². The molecule has 4 nitrogen and oxygen atoms in total. The molecule has 0 radical (unpaired) electrons. The summed E-state index contributed by atoms with van der Waals surface area (Å²) in [4.78, 5) is 2.34. The van der Waals surface area contributed by atoms with Crippen LogP contribution in [-0.4, -0.2) is 41.7 Å². The number of nitrogens with zero attached hydrogens (tertiary/aromatic N) is 1. The lowest BCUT2D eigenvalue weighted by atomic mass is 9.93. The van der Waals surface area contributed by atoms with Gasteiger partial charge in [-0.15, -0.1) is 13.2 Å². The highest BCUT2D eigenvalue weighted by Crippen LogP contribution is 2.33. The number of rotatable bonds is 7. The van der Waals surface area contributed by atoms with Crippen molar-refractivity contribution in [2.75, 3.05) is 26.2 Å². The van der Waals surface area contributed by atoms with Crippen LogP contribution in [0.1, 0.15) is 41.5 Å². The first-order valence-electron chi connectivity index (χ1n) is 11.4. The van der Waals surface area contributed by atoms with E-state index in [0.717, 1.165) is 51.7 Å². The van der Waals surface area contributed by atoms with Gasteiger partial charge in [-0.05, 0) is 72.4 Å². The molecule has 1 fully saturated rings. The Balaban J connectivity index is 1.38. The third kappa shape index (κ3) is 6.76. The average molecular weight is 479 g/mol. The molecular formula is C25H29F3N2O2S. The Morgan fingerprint density at radius 1 is 1.06 bits per heavy atom. The maximum atomic E-state index is 12.2. The summed E-state index contributed by atoms with van der Waals surface area (Å²) in [7, 11) is 0. The third-order valence-corrected chi connectivity index (χ3v) is 7.08. The van der Waals surface area contributed by atoms with E-state index in [1.165, 1.54) is 27.8 Å². The van der Waals surface area contributed by atoms with E-state index in [0.29, 0.717) is 0 Å². The number of hydrogen-bond acceptors (Lipinski definition) is 3. The van der Waals surface area contributed by atoms with E-state index >= 15 is 0 Å². The predicted molar refractivity (Wildman–Crippen MR) is 124 cm³/mol. The minimum Gasteiger partial charge on any atom is -0.303 e. The van der Waals surface area contributed by atoms with Crippen LogP contribution in [0.5, 0.6) is 0 Å². The zero-order valence-electron chi connectivity index (χ0n) is 18.4. The molecule has 2 aromatic carbocycles. The highest BCUT2D eigenvalue weighted by Gasteiger charge is 2.33. The van der Waals surface area contributed by atoms with E-state index in [1.54, 1.807) is 0 Å². The number of benzene rings is 2. The zero-order valence-corrected chi connectivity index (χ0v) is 19.3. The normalized spacial score (nSPS) is 20.0. The summed E-state index contributed by atoms with van der Waals surface area (Å²) in [6.45, 7) is 2.86. The molecule has 2 aliphatic rings. The Kier molecular flexibility index (Phi) is 8.01. The van der Waals surface area contributed by atoms with Crippen LogP contribution in [0.15, 0.2) is 54.6 Å². The van der Waals surface area contributed by atoms with Gasteiger partial charge in [0, 0.05) is 19.6 Å². The van der Waals surface area contributed by atoms with E-state index in [9.17, 15) is 17.4 Å². The smallest absolute Gasteiger partial charge is 0.303 e. The lowest BCUT2D eigenvalue weighted by Gasteiger charge is -2.32.